The van der Waals surface area contributed by atoms with Gasteiger partial charge in [0, 0.05) is 0 Å². The fourth-order valence-electron chi connectivity index (χ4n) is 0.887. The Morgan fingerprint density at radius 2 is 1.50 bits per heavy atom. The Balaban J connectivity index is 4.47. The highest BCUT2D eigenvalue weighted by Gasteiger charge is 2.37. The molecule has 0 radical (unpaired) electrons. The number of esters is 1. The van der Waals surface area contributed by atoms with Gasteiger partial charge in [-0.1, -0.05) is 0 Å². The average Bonchev–Trinajstić information content (AvgIpc) is 2.25. The van der Waals surface area contributed by atoms with Crippen LogP contribution in [0, 0.1) is 0 Å². The normalized spacial score (nSPS) is 18.3. The number of hydrogen-bond acceptors (Lipinski definition) is 7. The summed E-state index contributed by atoms with van der Waals surface area (Å²) in [5.74, 6) is -3.01. The van der Waals surface area contributed by atoms with Gasteiger partial charge in [0.25, 0.3) is 0 Å². The maximum atomic E-state index is 10.9. The largest absolute Gasteiger partial charge is 0.479 e. The second kappa shape index (κ2) is 6.38. The molecule has 0 aliphatic carbocycles. The van der Waals surface area contributed by atoms with Crippen LogP contribution in [0.5, 0.6) is 0 Å². The van der Waals surface area contributed by atoms with E-state index in [1.165, 1.54) is 6.92 Å². The molecule has 16 heavy (non-hydrogen) atoms. The Morgan fingerprint density at radius 1 is 1.06 bits per heavy atom. The number of aliphatic hydroxyl groups excluding tert-OH is 4. The fraction of sp³-hybridized carbons (Fsp3) is 0.750. The molecule has 94 valence electrons. The fourth-order valence-corrected chi connectivity index (χ4v) is 0.887. The molecule has 8 heteroatoms. The number of carboxylic acid groups (broad SMARTS) is 1. The number of carbonyl (C=O) groups is 2. The van der Waals surface area contributed by atoms with Gasteiger partial charge in [-0.2, -0.15) is 0 Å². The second-order valence-electron chi connectivity index (χ2n) is 2.96. The number of carboxylic acids is 1. The maximum Gasteiger partial charge on any atom is 0.337 e. The highest BCUT2D eigenvalue weighted by Crippen LogP contribution is 2.07. The molecule has 0 saturated carbocycles. The van der Waals surface area contributed by atoms with Gasteiger partial charge in [0.1, 0.15) is 12.2 Å². The number of carbonyl (C=O) groups excluding carboxylic acids is 1. The molecule has 5 N–H and O–H groups in total. The van der Waals surface area contributed by atoms with Crippen molar-refractivity contribution in [2.45, 2.75) is 31.3 Å². The Morgan fingerprint density at radius 3 is 1.88 bits per heavy atom. The third-order valence-electron chi connectivity index (χ3n) is 1.78. The third kappa shape index (κ3) is 3.74. The SMILES string of the molecule is CCOC(=O)[C@H](O)[C@@H](O)[C@@H](O)[C@H](O)C(=O)O. The van der Waals surface area contributed by atoms with Gasteiger partial charge in [-0.15, -0.1) is 0 Å². The van der Waals surface area contributed by atoms with Crippen molar-refractivity contribution in [3.05, 3.63) is 0 Å². The van der Waals surface area contributed by atoms with Crippen LogP contribution in [0.15, 0.2) is 0 Å². The number of aliphatic hydroxyl groups is 4. The van der Waals surface area contributed by atoms with Crippen molar-refractivity contribution in [1.29, 1.82) is 0 Å². The summed E-state index contributed by atoms with van der Waals surface area (Å²) in [6.45, 7) is 1.40. The molecule has 0 aliphatic rings. The minimum atomic E-state index is -2.31. The zero-order valence-electron chi connectivity index (χ0n) is 8.48. The summed E-state index contributed by atoms with van der Waals surface area (Å²) in [6.07, 6.45) is -8.77. The lowest BCUT2D eigenvalue weighted by Gasteiger charge is -2.23. The molecule has 0 amide bonds. The van der Waals surface area contributed by atoms with E-state index >= 15 is 0 Å². The summed E-state index contributed by atoms with van der Waals surface area (Å²) in [4.78, 5) is 21.2. The average molecular weight is 238 g/mol. The molecule has 0 fully saturated rings. The molecule has 0 aliphatic heterocycles. The van der Waals surface area contributed by atoms with Crippen molar-refractivity contribution in [3.63, 3.8) is 0 Å². The zero-order valence-corrected chi connectivity index (χ0v) is 8.48. The van der Waals surface area contributed by atoms with Crippen molar-refractivity contribution in [3.8, 4) is 0 Å². The summed E-state index contributed by atoms with van der Waals surface area (Å²) in [5, 5.41) is 44.6. The van der Waals surface area contributed by atoms with Gasteiger partial charge in [-0.05, 0) is 6.92 Å². The van der Waals surface area contributed by atoms with Crippen LogP contribution in [0.4, 0.5) is 0 Å². The van der Waals surface area contributed by atoms with Crippen molar-refractivity contribution >= 4 is 11.9 Å². The molecule has 0 heterocycles. The van der Waals surface area contributed by atoms with E-state index in [0.29, 0.717) is 0 Å². The monoisotopic (exact) mass is 238 g/mol. The minimum Gasteiger partial charge on any atom is -0.479 e. The van der Waals surface area contributed by atoms with Gasteiger partial charge in [0.15, 0.2) is 12.2 Å². The lowest BCUT2D eigenvalue weighted by Crippen LogP contribution is -2.50. The van der Waals surface area contributed by atoms with E-state index in [1.54, 1.807) is 0 Å². The third-order valence-corrected chi connectivity index (χ3v) is 1.78. The Labute approximate surface area is 90.7 Å². The Kier molecular flexibility index (Phi) is 5.89. The van der Waals surface area contributed by atoms with Gasteiger partial charge in [0.2, 0.25) is 0 Å². The first-order chi connectivity index (χ1) is 7.32. The van der Waals surface area contributed by atoms with Gasteiger partial charge in [-0.25, -0.2) is 9.59 Å². The zero-order chi connectivity index (χ0) is 12.9. The lowest BCUT2D eigenvalue weighted by molar-refractivity contribution is -0.175. The molecule has 0 aromatic carbocycles. The van der Waals surface area contributed by atoms with Gasteiger partial charge < -0.3 is 30.3 Å². The van der Waals surface area contributed by atoms with Gasteiger partial charge in [-0.3, -0.25) is 0 Å². The molecule has 8 nitrogen and oxygen atoms in total. The van der Waals surface area contributed by atoms with E-state index in [1.807, 2.05) is 0 Å². The molecule has 0 saturated heterocycles. The van der Waals surface area contributed by atoms with Crippen LogP contribution in [0.25, 0.3) is 0 Å². The number of aliphatic carboxylic acids is 1. The maximum absolute atomic E-state index is 10.9. The first kappa shape index (κ1) is 14.8. The second-order valence-corrected chi connectivity index (χ2v) is 2.96. The van der Waals surface area contributed by atoms with Gasteiger partial charge >= 0.3 is 11.9 Å². The Hall–Kier alpha value is -1.22. The molecule has 0 aromatic heterocycles. The molecular weight excluding hydrogens is 224 g/mol. The molecule has 0 aromatic rings. The number of ether oxygens (including phenoxy) is 1. The standard InChI is InChI=1S/C8H14O8/c1-2-16-8(15)6(12)4(10)3(9)5(11)7(13)14/h3-6,9-12H,2H2,1H3,(H,13,14)/t3-,4+,5+,6-/m1/s1. The van der Waals surface area contributed by atoms with E-state index in [-0.39, 0.29) is 6.61 Å². The summed E-state index contributed by atoms with van der Waals surface area (Å²) < 4.78 is 4.33. The van der Waals surface area contributed by atoms with Gasteiger partial charge in [0.05, 0.1) is 6.61 Å². The molecule has 0 unspecified atom stereocenters. The smallest absolute Gasteiger partial charge is 0.337 e. The van der Waals surface area contributed by atoms with Crippen LogP contribution >= 0.6 is 0 Å². The van der Waals surface area contributed by atoms with E-state index in [9.17, 15) is 14.7 Å². The van der Waals surface area contributed by atoms with E-state index < -0.39 is 36.4 Å². The first-order valence-corrected chi connectivity index (χ1v) is 4.44. The van der Waals surface area contributed by atoms with Crippen molar-refractivity contribution < 1.29 is 39.9 Å². The van der Waals surface area contributed by atoms with Crippen molar-refractivity contribution in [1.82, 2.24) is 0 Å². The highest BCUT2D eigenvalue weighted by molar-refractivity contribution is 5.76. The van der Waals surface area contributed by atoms with Crippen LogP contribution in [0.1, 0.15) is 6.92 Å². The molecular formula is C8H14O8. The quantitative estimate of drug-likeness (QED) is 0.309. The summed E-state index contributed by atoms with van der Waals surface area (Å²) >= 11 is 0. The predicted molar refractivity (Wildman–Crippen MR) is 48.3 cm³/mol. The van der Waals surface area contributed by atoms with E-state index in [2.05, 4.69) is 4.74 Å². The summed E-state index contributed by atoms with van der Waals surface area (Å²) in [7, 11) is 0. The lowest BCUT2D eigenvalue weighted by atomic mass is 10.0. The Bertz CT molecular complexity index is 252. The van der Waals surface area contributed by atoms with Crippen LogP contribution in [0.2, 0.25) is 0 Å². The number of rotatable bonds is 6. The van der Waals surface area contributed by atoms with E-state index in [0.717, 1.165) is 0 Å². The molecule has 4 atom stereocenters. The number of hydrogen-bond donors (Lipinski definition) is 5. The van der Waals surface area contributed by atoms with Crippen LogP contribution in [-0.4, -0.2) is 68.5 Å². The van der Waals surface area contributed by atoms with Crippen molar-refractivity contribution in [2.24, 2.45) is 0 Å². The van der Waals surface area contributed by atoms with Crippen LogP contribution < -0.4 is 0 Å². The van der Waals surface area contributed by atoms with E-state index in [4.69, 9.17) is 20.4 Å². The topological polar surface area (TPSA) is 145 Å². The molecule has 0 rings (SSSR count). The summed E-state index contributed by atoms with van der Waals surface area (Å²) in [6, 6.07) is 0. The van der Waals surface area contributed by atoms with Crippen LogP contribution in [-0.2, 0) is 14.3 Å². The predicted octanol–water partition coefficient (Wildman–Crippen LogP) is -2.92. The van der Waals surface area contributed by atoms with Crippen molar-refractivity contribution in [2.75, 3.05) is 6.61 Å². The minimum absolute atomic E-state index is 0.0554. The van der Waals surface area contributed by atoms with Crippen LogP contribution in [0.3, 0.4) is 0 Å². The highest BCUT2D eigenvalue weighted by atomic mass is 16.5. The first-order valence-electron chi connectivity index (χ1n) is 4.44. The molecule has 0 bridgehead atoms. The molecule has 0 spiro atoms. The summed E-state index contributed by atoms with van der Waals surface area (Å²) in [5.41, 5.74) is 0.